The summed E-state index contributed by atoms with van der Waals surface area (Å²) in [5.74, 6) is -0.439. The van der Waals surface area contributed by atoms with E-state index < -0.39 is 20.5 Å². The summed E-state index contributed by atoms with van der Waals surface area (Å²) in [6.45, 7) is 0. The summed E-state index contributed by atoms with van der Waals surface area (Å²) in [6.07, 6.45) is 2.18. The van der Waals surface area contributed by atoms with Gasteiger partial charge in [-0.05, 0) is 49.2 Å². The molecule has 126 valence electrons. The molecular weight excluding hydrogens is 390 g/mol. The van der Waals surface area contributed by atoms with Crippen molar-refractivity contribution < 1.29 is 13.2 Å². The van der Waals surface area contributed by atoms with Crippen LogP contribution in [0.2, 0.25) is 0 Å². The zero-order valence-electron chi connectivity index (χ0n) is 13.0. The van der Waals surface area contributed by atoms with E-state index in [9.17, 15) is 13.2 Å². The highest BCUT2D eigenvalue weighted by Gasteiger charge is 2.52. The molecule has 0 aliphatic heterocycles. The van der Waals surface area contributed by atoms with Crippen LogP contribution in [0.4, 0.5) is 5.69 Å². The molecule has 1 amide bonds. The lowest BCUT2D eigenvalue weighted by molar-refractivity contribution is -0.118. The van der Waals surface area contributed by atoms with Gasteiger partial charge in [-0.25, -0.2) is 8.42 Å². The predicted octanol–water partition coefficient (Wildman–Crippen LogP) is 4.17. The standard InChI is InChI=1S/C18H18BrNO3S/c19-14-8-10-15(11-9-14)20-17(21)18(12-4-5-13-18)24(22,23)16-6-2-1-3-7-16/h1-3,6-11H,4-5,12-13H2,(H,20,21). The Balaban J connectivity index is 1.96. The first-order valence-electron chi connectivity index (χ1n) is 7.82. The zero-order valence-corrected chi connectivity index (χ0v) is 15.4. The third kappa shape index (κ3) is 3.00. The Morgan fingerprint density at radius 3 is 2.12 bits per heavy atom. The van der Waals surface area contributed by atoms with Gasteiger partial charge in [0.25, 0.3) is 0 Å². The average Bonchev–Trinajstić information content (AvgIpc) is 3.09. The van der Waals surface area contributed by atoms with Crippen molar-refractivity contribution in [2.24, 2.45) is 0 Å². The van der Waals surface area contributed by atoms with Crippen LogP contribution in [0.25, 0.3) is 0 Å². The molecule has 2 aromatic carbocycles. The molecular formula is C18H18BrNO3S. The minimum Gasteiger partial charge on any atom is -0.325 e. The van der Waals surface area contributed by atoms with Gasteiger partial charge in [0.2, 0.25) is 5.91 Å². The highest BCUT2D eigenvalue weighted by atomic mass is 79.9. The Bertz CT molecular complexity index is 826. The van der Waals surface area contributed by atoms with Crippen molar-refractivity contribution in [1.82, 2.24) is 0 Å². The molecule has 1 fully saturated rings. The number of sulfone groups is 1. The number of hydrogen-bond donors (Lipinski definition) is 1. The number of carbonyl (C=O) groups is 1. The highest BCUT2D eigenvalue weighted by Crippen LogP contribution is 2.41. The van der Waals surface area contributed by atoms with Crippen molar-refractivity contribution in [1.29, 1.82) is 0 Å². The summed E-state index contributed by atoms with van der Waals surface area (Å²) in [5.41, 5.74) is 0.595. The third-order valence-electron chi connectivity index (χ3n) is 4.50. The van der Waals surface area contributed by atoms with E-state index in [0.717, 1.165) is 17.3 Å². The van der Waals surface area contributed by atoms with Gasteiger partial charge in [0.1, 0.15) is 0 Å². The lowest BCUT2D eigenvalue weighted by Gasteiger charge is -2.27. The molecule has 0 unspecified atom stereocenters. The molecule has 24 heavy (non-hydrogen) atoms. The number of benzene rings is 2. The van der Waals surface area contributed by atoms with E-state index in [1.807, 2.05) is 12.1 Å². The molecule has 1 aliphatic rings. The largest absolute Gasteiger partial charge is 0.325 e. The second-order valence-corrected chi connectivity index (χ2v) is 9.15. The lowest BCUT2D eigenvalue weighted by atomic mass is 10.1. The number of carbonyl (C=O) groups excluding carboxylic acids is 1. The number of rotatable bonds is 4. The predicted molar refractivity (Wildman–Crippen MR) is 97.6 cm³/mol. The van der Waals surface area contributed by atoms with Crippen LogP contribution in [0.1, 0.15) is 25.7 Å². The normalized spacial score (nSPS) is 16.7. The maximum absolute atomic E-state index is 13.2. The van der Waals surface area contributed by atoms with Crippen molar-refractivity contribution in [3.63, 3.8) is 0 Å². The third-order valence-corrected chi connectivity index (χ3v) is 7.54. The lowest BCUT2D eigenvalue weighted by Crippen LogP contribution is -2.47. The van der Waals surface area contributed by atoms with E-state index >= 15 is 0 Å². The molecule has 0 spiro atoms. The zero-order chi connectivity index (χ0) is 17.2. The van der Waals surface area contributed by atoms with Crippen LogP contribution in [-0.2, 0) is 14.6 Å². The van der Waals surface area contributed by atoms with E-state index in [4.69, 9.17) is 0 Å². The highest BCUT2D eigenvalue weighted by molar-refractivity contribution is 9.10. The monoisotopic (exact) mass is 407 g/mol. The molecule has 0 radical (unpaired) electrons. The van der Waals surface area contributed by atoms with Gasteiger partial charge < -0.3 is 5.32 Å². The first-order chi connectivity index (χ1) is 11.5. The number of anilines is 1. The fourth-order valence-corrected chi connectivity index (χ4v) is 5.52. The van der Waals surface area contributed by atoms with Crippen molar-refractivity contribution in [3.05, 3.63) is 59.1 Å². The van der Waals surface area contributed by atoms with Crippen LogP contribution in [0.5, 0.6) is 0 Å². The van der Waals surface area contributed by atoms with E-state index in [-0.39, 0.29) is 4.90 Å². The van der Waals surface area contributed by atoms with E-state index in [1.54, 1.807) is 42.5 Å². The van der Waals surface area contributed by atoms with Crippen molar-refractivity contribution in [3.8, 4) is 0 Å². The first-order valence-corrected chi connectivity index (χ1v) is 10.1. The van der Waals surface area contributed by atoms with Gasteiger partial charge in [0.05, 0.1) is 4.90 Å². The molecule has 0 saturated heterocycles. The number of nitrogens with one attached hydrogen (secondary N) is 1. The SMILES string of the molecule is O=C(Nc1ccc(Br)cc1)C1(S(=O)(=O)c2ccccc2)CCCC1. The maximum Gasteiger partial charge on any atom is 0.246 e. The van der Waals surface area contributed by atoms with E-state index in [0.29, 0.717) is 18.5 Å². The quantitative estimate of drug-likeness (QED) is 0.826. The molecule has 0 heterocycles. The van der Waals surface area contributed by atoms with Crippen LogP contribution in [-0.4, -0.2) is 19.1 Å². The fraction of sp³-hybridized carbons (Fsp3) is 0.278. The summed E-state index contributed by atoms with van der Waals surface area (Å²) in [6, 6.07) is 15.4. The summed E-state index contributed by atoms with van der Waals surface area (Å²) >= 11 is 3.34. The van der Waals surface area contributed by atoms with Gasteiger partial charge in [-0.3, -0.25) is 4.79 Å². The molecule has 1 saturated carbocycles. The summed E-state index contributed by atoms with van der Waals surface area (Å²) in [7, 11) is -3.75. The van der Waals surface area contributed by atoms with Crippen LogP contribution in [0, 0.1) is 0 Å². The molecule has 4 nitrogen and oxygen atoms in total. The molecule has 0 bridgehead atoms. The van der Waals surface area contributed by atoms with E-state index in [2.05, 4.69) is 21.2 Å². The minimum atomic E-state index is -3.75. The smallest absolute Gasteiger partial charge is 0.246 e. The number of amides is 1. The molecule has 1 N–H and O–H groups in total. The topological polar surface area (TPSA) is 63.2 Å². The molecule has 6 heteroatoms. The Morgan fingerprint density at radius 1 is 0.958 bits per heavy atom. The Kier molecular flexibility index (Phi) is 4.78. The Labute approximate surface area is 150 Å². The second-order valence-electron chi connectivity index (χ2n) is 5.98. The van der Waals surface area contributed by atoms with Crippen LogP contribution in [0.3, 0.4) is 0 Å². The van der Waals surface area contributed by atoms with Gasteiger partial charge in [-0.2, -0.15) is 0 Å². The van der Waals surface area contributed by atoms with Crippen molar-refractivity contribution >= 4 is 37.4 Å². The summed E-state index contributed by atoms with van der Waals surface area (Å²) < 4.78 is 25.9. The molecule has 3 rings (SSSR count). The van der Waals surface area contributed by atoms with Crippen LogP contribution in [0.15, 0.2) is 64.0 Å². The molecule has 2 aromatic rings. The molecule has 1 aliphatic carbocycles. The molecule has 0 aromatic heterocycles. The van der Waals surface area contributed by atoms with E-state index in [1.165, 1.54) is 0 Å². The average molecular weight is 408 g/mol. The fourth-order valence-electron chi connectivity index (χ4n) is 3.17. The first kappa shape index (κ1) is 17.2. The Hall–Kier alpha value is -1.66. The van der Waals surface area contributed by atoms with Gasteiger partial charge in [-0.1, -0.05) is 47.0 Å². The number of halogens is 1. The summed E-state index contributed by atoms with van der Waals surface area (Å²) in [4.78, 5) is 13.1. The van der Waals surface area contributed by atoms with Crippen molar-refractivity contribution in [2.75, 3.05) is 5.32 Å². The van der Waals surface area contributed by atoms with Gasteiger partial charge >= 0.3 is 0 Å². The maximum atomic E-state index is 13.2. The van der Waals surface area contributed by atoms with Gasteiger partial charge in [0, 0.05) is 10.2 Å². The number of hydrogen-bond acceptors (Lipinski definition) is 3. The summed E-state index contributed by atoms with van der Waals surface area (Å²) in [5, 5.41) is 2.79. The van der Waals surface area contributed by atoms with Crippen LogP contribution < -0.4 is 5.32 Å². The van der Waals surface area contributed by atoms with Gasteiger partial charge in [-0.15, -0.1) is 0 Å². The minimum absolute atomic E-state index is 0.206. The molecule has 0 atom stereocenters. The van der Waals surface area contributed by atoms with Gasteiger partial charge in [0.15, 0.2) is 14.6 Å². The van der Waals surface area contributed by atoms with Crippen LogP contribution >= 0.6 is 15.9 Å². The Morgan fingerprint density at radius 2 is 1.54 bits per heavy atom. The van der Waals surface area contributed by atoms with Crippen molar-refractivity contribution in [2.45, 2.75) is 35.3 Å². The second kappa shape index (κ2) is 6.69.